The summed E-state index contributed by atoms with van der Waals surface area (Å²) in [7, 11) is 1.62. The van der Waals surface area contributed by atoms with Gasteiger partial charge in [-0.25, -0.2) is 0 Å². The number of amides is 1. The number of morpholine rings is 1. The van der Waals surface area contributed by atoms with Gasteiger partial charge in [0.2, 0.25) is 5.91 Å². The molecule has 2 aromatic rings. The summed E-state index contributed by atoms with van der Waals surface area (Å²) in [4.78, 5) is 14.4. The number of halogens is 2. The van der Waals surface area contributed by atoms with Crippen molar-refractivity contribution in [3.8, 4) is 5.75 Å². The summed E-state index contributed by atoms with van der Waals surface area (Å²) in [5.74, 6) is 0.853. The van der Waals surface area contributed by atoms with Gasteiger partial charge in [0.05, 0.1) is 39.5 Å². The maximum atomic E-state index is 12.6. The standard InChI is InChI=1S/C21H23Cl2NO4/c1-26-16-7-5-15(6-8-16)11-21(25)24-9-10-28-17(12-24)13-27-14-18-19(22)3-2-4-20(18)23/h2-8,17H,9-14H2,1H3. The normalized spacial score (nSPS) is 16.8. The van der Waals surface area contributed by atoms with Crippen molar-refractivity contribution in [2.24, 2.45) is 0 Å². The average Bonchev–Trinajstić information content (AvgIpc) is 2.71. The van der Waals surface area contributed by atoms with Crippen LogP contribution >= 0.6 is 23.2 Å². The number of hydrogen-bond donors (Lipinski definition) is 0. The van der Waals surface area contributed by atoms with Gasteiger partial charge in [0, 0.05) is 28.7 Å². The van der Waals surface area contributed by atoms with Crippen molar-refractivity contribution in [2.75, 3.05) is 33.4 Å². The van der Waals surface area contributed by atoms with Gasteiger partial charge in [-0.15, -0.1) is 0 Å². The van der Waals surface area contributed by atoms with Crippen LogP contribution < -0.4 is 4.74 Å². The van der Waals surface area contributed by atoms with E-state index in [1.54, 1.807) is 25.3 Å². The molecule has 150 valence electrons. The van der Waals surface area contributed by atoms with Gasteiger partial charge in [-0.2, -0.15) is 0 Å². The quantitative estimate of drug-likeness (QED) is 0.675. The maximum absolute atomic E-state index is 12.6. The smallest absolute Gasteiger partial charge is 0.227 e. The van der Waals surface area contributed by atoms with Crippen LogP contribution in [0.5, 0.6) is 5.75 Å². The Morgan fingerprint density at radius 1 is 1.18 bits per heavy atom. The van der Waals surface area contributed by atoms with E-state index in [4.69, 9.17) is 37.4 Å². The molecule has 28 heavy (non-hydrogen) atoms. The highest BCUT2D eigenvalue weighted by Gasteiger charge is 2.24. The zero-order chi connectivity index (χ0) is 19.9. The van der Waals surface area contributed by atoms with Crippen molar-refractivity contribution < 1.29 is 19.0 Å². The predicted molar refractivity (Wildman–Crippen MR) is 109 cm³/mol. The van der Waals surface area contributed by atoms with Crippen molar-refractivity contribution in [1.82, 2.24) is 4.90 Å². The van der Waals surface area contributed by atoms with Gasteiger partial charge in [0.1, 0.15) is 5.75 Å². The zero-order valence-corrected chi connectivity index (χ0v) is 17.2. The molecule has 1 aliphatic heterocycles. The second-order valence-corrected chi connectivity index (χ2v) is 7.39. The van der Waals surface area contributed by atoms with E-state index in [2.05, 4.69) is 0 Å². The van der Waals surface area contributed by atoms with Gasteiger partial charge in [-0.1, -0.05) is 41.4 Å². The molecule has 0 saturated carbocycles. The van der Waals surface area contributed by atoms with Crippen LogP contribution in [-0.2, 0) is 27.3 Å². The van der Waals surface area contributed by atoms with Gasteiger partial charge in [-0.05, 0) is 29.8 Å². The lowest BCUT2D eigenvalue weighted by Gasteiger charge is -2.33. The highest BCUT2D eigenvalue weighted by atomic mass is 35.5. The molecule has 5 nitrogen and oxygen atoms in total. The van der Waals surface area contributed by atoms with Crippen LogP contribution in [0.1, 0.15) is 11.1 Å². The molecule has 1 aliphatic rings. The minimum Gasteiger partial charge on any atom is -0.497 e. The lowest BCUT2D eigenvalue weighted by atomic mass is 10.1. The van der Waals surface area contributed by atoms with E-state index in [1.165, 1.54) is 0 Å². The first-order valence-corrected chi connectivity index (χ1v) is 9.85. The molecule has 1 saturated heterocycles. The van der Waals surface area contributed by atoms with Crippen LogP contribution in [0.25, 0.3) is 0 Å². The molecular weight excluding hydrogens is 401 g/mol. The van der Waals surface area contributed by atoms with E-state index < -0.39 is 0 Å². The average molecular weight is 424 g/mol. The number of carbonyl (C=O) groups is 1. The minimum absolute atomic E-state index is 0.0765. The van der Waals surface area contributed by atoms with Crippen molar-refractivity contribution in [1.29, 1.82) is 0 Å². The Bertz CT molecular complexity index is 777. The number of ether oxygens (including phenoxy) is 3. The highest BCUT2D eigenvalue weighted by molar-refractivity contribution is 6.35. The highest BCUT2D eigenvalue weighted by Crippen LogP contribution is 2.25. The van der Waals surface area contributed by atoms with Gasteiger partial charge in [0.25, 0.3) is 0 Å². The molecule has 7 heteroatoms. The van der Waals surface area contributed by atoms with Gasteiger partial charge in [0.15, 0.2) is 0 Å². The summed E-state index contributed by atoms with van der Waals surface area (Å²) < 4.78 is 16.6. The van der Waals surface area contributed by atoms with Crippen molar-refractivity contribution >= 4 is 29.1 Å². The Hall–Kier alpha value is -1.79. The number of hydrogen-bond acceptors (Lipinski definition) is 4. The maximum Gasteiger partial charge on any atom is 0.227 e. The Morgan fingerprint density at radius 2 is 1.89 bits per heavy atom. The van der Waals surface area contributed by atoms with Crippen molar-refractivity contribution in [3.63, 3.8) is 0 Å². The Kier molecular flexibility index (Phi) is 7.57. The SMILES string of the molecule is COc1ccc(CC(=O)N2CCOC(COCc3c(Cl)cccc3Cl)C2)cc1. The Labute approximate surface area is 175 Å². The Balaban J connectivity index is 1.48. The van der Waals surface area contributed by atoms with Crippen LogP contribution in [0.15, 0.2) is 42.5 Å². The number of carbonyl (C=O) groups excluding carboxylic acids is 1. The first-order valence-electron chi connectivity index (χ1n) is 9.09. The van der Waals surface area contributed by atoms with Crippen LogP contribution in [0, 0.1) is 0 Å². The second-order valence-electron chi connectivity index (χ2n) is 6.57. The van der Waals surface area contributed by atoms with E-state index in [0.29, 0.717) is 49.4 Å². The minimum atomic E-state index is -0.171. The topological polar surface area (TPSA) is 48.0 Å². The van der Waals surface area contributed by atoms with E-state index in [1.807, 2.05) is 29.2 Å². The van der Waals surface area contributed by atoms with Gasteiger partial charge in [-0.3, -0.25) is 4.79 Å². The molecule has 0 radical (unpaired) electrons. The fourth-order valence-corrected chi connectivity index (χ4v) is 3.55. The number of methoxy groups -OCH3 is 1. The van der Waals surface area contributed by atoms with E-state index in [9.17, 15) is 4.79 Å². The first-order chi connectivity index (χ1) is 13.6. The van der Waals surface area contributed by atoms with Crippen LogP contribution in [0.4, 0.5) is 0 Å². The summed E-state index contributed by atoms with van der Waals surface area (Å²) in [5, 5.41) is 1.15. The molecule has 1 atom stereocenters. The monoisotopic (exact) mass is 423 g/mol. The molecule has 1 amide bonds. The van der Waals surface area contributed by atoms with Crippen molar-refractivity contribution in [2.45, 2.75) is 19.1 Å². The van der Waals surface area contributed by atoms with Crippen LogP contribution in [0.2, 0.25) is 10.0 Å². The second kappa shape index (κ2) is 10.1. The van der Waals surface area contributed by atoms with Crippen molar-refractivity contribution in [3.05, 3.63) is 63.6 Å². The van der Waals surface area contributed by atoms with E-state index >= 15 is 0 Å². The molecule has 1 heterocycles. The third-order valence-corrected chi connectivity index (χ3v) is 5.33. The molecule has 0 N–H and O–H groups in total. The molecule has 0 aliphatic carbocycles. The third kappa shape index (κ3) is 5.61. The summed E-state index contributed by atoms with van der Waals surface area (Å²) in [6.07, 6.45) is 0.183. The van der Waals surface area contributed by atoms with Gasteiger partial charge >= 0.3 is 0 Å². The number of rotatable bonds is 7. The lowest BCUT2D eigenvalue weighted by molar-refractivity contribution is -0.140. The molecule has 2 aromatic carbocycles. The first kappa shape index (κ1) is 20.9. The molecule has 1 unspecified atom stereocenters. The largest absolute Gasteiger partial charge is 0.497 e. The molecule has 1 fully saturated rings. The molecule has 0 spiro atoms. The molecule has 3 rings (SSSR count). The van der Waals surface area contributed by atoms with Crippen LogP contribution in [0.3, 0.4) is 0 Å². The molecule has 0 bridgehead atoms. The number of benzene rings is 2. The third-order valence-electron chi connectivity index (χ3n) is 4.62. The van der Waals surface area contributed by atoms with E-state index in [-0.39, 0.29) is 12.0 Å². The van der Waals surface area contributed by atoms with Crippen LogP contribution in [-0.4, -0.2) is 50.3 Å². The van der Waals surface area contributed by atoms with E-state index in [0.717, 1.165) is 16.9 Å². The fourth-order valence-electron chi connectivity index (χ4n) is 3.04. The zero-order valence-electron chi connectivity index (χ0n) is 15.7. The summed E-state index contributed by atoms with van der Waals surface area (Å²) >= 11 is 12.3. The summed E-state index contributed by atoms with van der Waals surface area (Å²) in [6.45, 7) is 2.26. The Morgan fingerprint density at radius 3 is 2.57 bits per heavy atom. The molecular formula is C21H23Cl2NO4. The number of nitrogens with zero attached hydrogens (tertiary/aromatic N) is 1. The predicted octanol–water partition coefficient (Wildman–Crippen LogP) is 3.99. The molecule has 0 aromatic heterocycles. The van der Waals surface area contributed by atoms with Gasteiger partial charge < -0.3 is 19.1 Å². The summed E-state index contributed by atoms with van der Waals surface area (Å²) in [5.41, 5.74) is 1.72. The lowest BCUT2D eigenvalue weighted by Crippen LogP contribution is -2.47. The summed E-state index contributed by atoms with van der Waals surface area (Å²) in [6, 6.07) is 12.9. The fraction of sp³-hybridized carbons (Fsp3) is 0.381.